The zero-order valence-corrected chi connectivity index (χ0v) is 9.79. The number of nitrogen functional groups attached to an aromatic ring is 1. The molecular weight excluding hydrogens is 200 g/mol. The standard InChI is InChI=1S/C13H18N2O/c1-4-5-10(3)15-13(16)12-8-11(14)7-6-9(12)2/h4,6-8,10H,1,5,14H2,2-3H3,(H,15,16). The molecular formula is C13H18N2O. The second-order valence-electron chi connectivity index (χ2n) is 3.97. The molecule has 1 aromatic rings. The molecule has 0 saturated carbocycles. The first-order chi connectivity index (χ1) is 7.54. The maximum atomic E-state index is 11.9. The van der Waals surface area contributed by atoms with E-state index in [1.165, 1.54) is 0 Å². The molecule has 1 aromatic carbocycles. The Labute approximate surface area is 96.3 Å². The highest BCUT2D eigenvalue weighted by Gasteiger charge is 2.11. The molecule has 1 atom stereocenters. The summed E-state index contributed by atoms with van der Waals surface area (Å²) in [6.45, 7) is 7.48. The molecule has 3 heteroatoms. The molecule has 86 valence electrons. The summed E-state index contributed by atoms with van der Waals surface area (Å²) in [4.78, 5) is 11.9. The fraction of sp³-hybridized carbons (Fsp3) is 0.308. The van der Waals surface area contributed by atoms with Crippen LogP contribution in [0.1, 0.15) is 29.3 Å². The number of nitrogens with one attached hydrogen (secondary N) is 1. The van der Waals surface area contributed by atoms with Crippen molar-refractivity contribution in [3.63, 3.8) is 0 Å². The van der Waals surface area contributed by atoms with Crippen molar-refractivity contribution in [2.24, 2.45) is 0 Å². The highest BCUT2D eigenvalue weighted by Crippen LogP contribution is 2.12. The number of nitrogens with two attached hydrogens (primary N) is 1. The predicted molar refractivity (Wildman–Crippen MR) is 67.3 cm³/mol. The fourth-order valence-corrected chi connectivity index (χ4v) is 1.49. The summed E-state index contributed by atoms with van der Waals surface area (Å²) in [7, 11) is 0. The van der Waals surface area contributed by atoms with Crippen LogP contribution >= 0.6 is 0 Å². The third kappa shape index (κ3) is 3.12. The number of aryl methyl sites for hydroxylation is 1. The lowest BCUT2D eigenvalue weighted by Crippen LogP contribution is -2.32. The minimum absolute atomic E-state index is 0.0841. The van der Waals surface area contributed by atoms with Crippen molar-refractivity contribution in [3.8, 4) is 0 Å². The van der Waals surface area contributed by atoms with Crippen LogP contribution in [0.15, 0.2) is 30.9 Å². The molecule has 0 aromatic heterocycles. The van der Waals surface area contributed by atoms with E-state index in [1.54, 1.807) is 18.2 Å². The van der Waals surface area contributed by atoms with Crippen molar-refractivity contribution < 1.29 is 4.79 Å². The Bertz CT molecular complexity index is 399. The second-order valence-corrected chi connectivity index (χ2v) is 3.97. The van der Waals surface area contributed by atoms with Gasteiger partial charge in [0.2, 0.25) is 0 Å². The van der Waals surface area contributed by atoms with E-state index < -0.39 is 0 Å². The molecule has 1 unspecified atom stereocenters. The molecule has 3 nitrogen and oxygen atoms in total. The minimum atomic E-state index is -0.0841. The van der Waals surface area contributed by atoms with Gasteiger partial charge in [0.15, 0.2) is 0 Å². The topological polar surface area (TPSA) is 55.1 Å². The lowest BCUT2D eigenvalue weighted by Gasteiger charge is -2.13. The van der Waals surface area contributed by atoms with Crippen molar-refractivity contribution in [2.45, 2.75) is 26.3 Å². The van der Waals surface area contributed by atoms with Crippen LogP contribution in [-0.4, -0.2) is 11.9 Å². The first kappa shape index (κ1) is 12.3. The SMILES string of the molecule is C=CCC(C)NC(=O)c1cc(N)ccc1C. The largest absolute Gasteiger partial charge is 0.399 e. The van der Waals surface area contributed by atoms with E-state index in [0.717, 1.165) is 12.0 Å². The number of amides is 1. The number of hydrogen-bond acceptors (Lipinski definition) is 2. The van der Waals surface area contributed by atoms with Gasteiger partial charge in [-0.25, -0.2) is 0 Å². The van der Waals surface area contributed by atoms with E-state index in [2.05, 4.69) is 11.9 Å². The Morgan fingerprint density at radius 3 is 2.94 bits per heavy atom. The van der Waals surface area contributed by atoms with Crippen LogP contribution in [-0.2, 0) is 0 Å². The van der Waals surface area contributed by atoms with Gasteiger partial charge in [0, 0.05) is 17.3 Å². The highest BCUT2D eigenvalue weighted by atomic mass is 16.1. The van der Waals surface area contributed by atoms with Gasteiger partial charge in [0.05, 0.1) is 0 Å². The minimum Gasteiger partial charge on any atom is -0.399 e. The van der Waals surface area contributed by atoms with Crippen molar-refractivity contribution in [1.29, 1.82) is 0 Å². The van der Waals surface area contributed by atoms with Crippen molar-refractivity contribution in [2.75, 3.05) is 5.73 Å². The quantitative estimate of drug-likeness (QED) is 0.601. The molecule has 0 aliphatic carbocycles. The lowest BCUT2D eigenvalue weighted by molar-refractivity contribution is 0.0940. The highest BCUT2D eigenvalue weighted by molar-refractivity contribution is 5.96. The van der Waals surface area contributed by atoms with Crippen molar-refractivity contribution in [3.05, 3.63) is 42.0 Å². The molecule has 1 amide bonds. The fourth-order valence-electron chi connectivity index (χ4n) is 1.49. The van der Waals surface area contributed by atoms with Gasteiger partial charge in [-0.1, -0.05) is 12.1 Å². The molecule has 0 fully saturated rings. The van der Waals surface area contributed by atoms with Crippen LogP contribution in [0, 0.1) is 6.92 Å². The van der Waals surface area contributed by atoms with Gasteiger partial charge in [-0.15, -0.1) is 6.58 Å². The number of carbonyl (C=O) groups excluding carboxylic acids is 1. The number of hydrogen-bond donors (Lipinski definition) is 2. The summed E-state index contributed by atoms with van der Waals surface area (Å²) >= 11 is 0. The van der Waals surface area contributed by atoms with Gasteiger partial charge in [-0.2, -0.15) is 0 Å². The number of rotatable bonds is 4. The Morgan fingerprint density at radius 2 is 2.31 bits per heavy atom. The molecule has 0 bridgehead atoms. The van der Waals surface area contributed by atoms with Crippen LogP contribution < -0.4 is 11.1 Å². The molecule has 0 aliphatic rings. The average molecular weight is 218 g/mol. The van der Waals surface area contributed by atoms with Crippen LogP contribution in [0.4, 0.5) is 5.69 Å². The zero-order chi connectivity index (χ0) is 12.1. The first-order valence-electron chi connectivity index (χ1n) is 5.32. The first-order valence-corrected chi connectivity index (χ1v) is 5.32. The molecule has 0 spiro atoms. The van der Waals surface area contributed by atoms with Gasteiger partial charge < -0.3 is 11.1 Å². The maximum absolute atomic E-state index is 11.9. The van der Waals surface area contributed by atoms with Crippen molar-refractivity contribution >= 4 is 11.6 Å². The summed E-state index contributed by atoms with van der Waals surface area (Å²) in [5, 5.41) is 2.90. The van der Waals surface area contributed by atoms with E-state index in [0.29, 0.717) is 11.3 Å². The van der Waals surface area contributed by atoms with Gasteiger partial charge in [-0.3, -0.25) is 4.79 Å². The second kappa shape index (κ2) is 5.35. The van der Waals surface area contributed by atoms with E-state index in [-0.39, 0.29) is 11.9 Å². The summed E-state index contributed by atoms with van der Waals surface area (Å²) in [6.07, 6.45) is 2.55. The molecule has 0 heterocycles. The smallest absolute Gasteiger partial charge is 0.251 e. The lowest BCUT2D eigenvalue weighted by atomic mass is 10.1. The number of anilines is 1. The Balaban J connectivity index is 2.80. The number of benzene rings is 1. The van der Waals surface area contributed by atoms with Crippen LogP contribution in [0.25, 0.3) is 0 Å². The van der Waals surface area contributed by atoms with Crippen LogP contribution in [0.5, 0.6) is 0 Å². The molecule has 0 radical (unpaired) electrons. The Morgan fingerprint density at radius 1 is 1.62 bits per heavy atom. The van der Waals surface area contributed by atoms with E-state index >= 15 is 0 Å². The molecule has 0 saturated heterocycles. The monoisotopic (exact) mass is 218 g/mol. The Hall–Kier alpha value is -1.77. The van der Waals surface area contributed by atoms with Gasteiger partial charge in [0.1, 0.15) is 0 Å². The normalized spacial score (nSPS) is 11.9. The summed E-state index contributed by atoms with van der Waals surface area (Å²) in [5.74, 6) is -0.0841. The van der Waals surface area contributed by atoms with E-state index in [1.807, 2.05) is 19.9 Å². The van der Waals surface area contributed by atoms with Crippen LogP contribution in [0.2, 0.25) is 0 Å². The van der Waals surface area contributed by atoms with Gasteiger partial charge in [0.25, 0.3) is 5.91 Å². The zero-order valence-electron chi connectivity index (χ0n) is 9.79. The van der Waals surface area contributed by atoms with Crippen molar-refractivity contribution in [1.82, 2.24) is 5.32 Å². The predicted octanol–water partition coefficient (Wildman–Crippen LogP) is 2.27. The van der Waals surface area contributed by atoms with Gasteiger partial charge in [-0.05, 0) is 38.0 Å². The molecule has 3 N–H and O–H groups in total. The molecule has 0 aliphatic heterocycles. The summed E-state index contributed by atoms with van der Waals surface area (Å²) in [5.41, 5.74) is 7.83. The summed E-state index contributed by atoms with van der Waals surface area (Å²) in [6, 6.07) is 5.43. The Kier molecular flexibility index (Phi) is 4.11. The van der Waals surface area contributed by atoms with Crippen LogP contribution in [0.3, 0.4) is 0 Å². The molecule has 16 heavy (non-hydrogen) atoms. The average Bonchev–Trinajstić information content (AvgIpc) is 2.21. The molecule has 1 rings (SSSR count). The third-order valence-electron chi connectivity index (χ3n) is 2.40. The third-order valence-corrected chi connectivity index (χ3v) is 2.40. The van der Waals surface area contributed by atoms with E-state index in [4.69, 9.17) is 5.73 Å². The van der Waals surface area contributed by atoms with E-state index in [9.17, 15) is 4.79 Å². The number of carbonyl (C=O) groups is 1. The maximum Gasteiger partial charge on any atom is 0.251 e. The van der Waals surface area contributed by atoms with Gasteiger partial charge >= 0.3 is 0 Å². The summed E-state index contributed by atoms with van der Waals surface area (Å²) < 4.78 is 0.